The smallest absolute Gasteiger partial charge is 0.311 e. The third kappa shape index (κ3) is 4.25. The van der Waals surface area contributed by atoms with Crippen molar-refractivity contribution < 1.29 is 9.59 Å². The maximum absolute atomic E-state index is 13.2. The highest BCUT2D eigenvalue weighted by Crippen LogP contribution is 2.27. The summed E-state index contributed by atoms with van der Waals surface area (Å²) in [6.07, 6.45) is -1.06. The fourth-order valence-electron chi connectivity index (χ4n) is 3.84. The molecule has 6 nitrogen and oxygen atoms in total. The molecule has 0 radical (unpaired) electrons. The van der Waals surface area contributed by atoms with E-state index in [1.165, 1.54) is 0 Å². The standard InChI is InChI=1S/C26H26N4O2/c1-17(2)19-13-7-9-15-21(19)27-26(32)29-24-25(31)30(3)22-16-10-8-14-20(22)23(28-24)18-11-5-4-6-12-18/h4-17,24H,1-3H3,(H2,27,29,32)/t24-/m0/s1. The highest BCUT2D eigenvalue weighted by Gasteiger charge is 2.31. The van der Waals surface area contributed by atoms with Gasteiger partial charge in [-0.2, -0.15) is 0 Å². The number of para-hydroxylation sites is 2. The average Bonchev–Trinajstić information content (AvgIpc) is 2.90. The Bertz CT molecular complexity index is 1170. The molecule has 0 saturated heterocycles. The zero-order valence-electron chi connectivity index (χ0n) is 18.4. The largest absolute Gasteiger partial charge is 0.321 e. The predicted octanol–water partition coefficient (Wildman–Crippen LogP) is 4.77. The monoisotopic (exact) mass is 426 g/mol. The van der Waals surface area contributed by atoms with E-state index in [0.717, 1.165) is 22.4 Å². The number of nitrogens with zero attached hydrogens (tertiary/aromatic N) is 2. The highest BCUT2D eigenvalue weighted by molar-refractivity contribution is 6.20. The molecule has 1 aliphatic rings. The van der Waals surface area contributed by atoms with Crippen molar-refractivity contribution in [3.8, 4) is 0 Å². The molecule has 1 atom stereocenters. The van der Waals surface area contributed by atoms with Gasteiger partial charge in [0.05, 0.1) is 11.4 Å². The van der Waals surface area contributed by atoms with Gasteiger partial charge in [-0.15, -0.1) is 0 Å². The zero-order valence-corrected chi connectivity index (χ0v) is 18.4. The molecule has 3 amide bonds. The molecule has 32 heavy (non-hydrogen) atoms. The molecule has 6 heteroatoms. The summed E-state index contributed by atoms with van der Waals surface area (Å²) >= 11 is 0. The Morgan fingerprint density at radius 1 is 0.938 bits per heavy atom. The van der Waals surface area contributed by atoms with E-state index < -0.39 is 12.2 Å². The van der Waals surface area contributed by atoms with Crippen molar-refractivity contribution in [1.29, 1.82) is 0 Å². The summed E-state index contributed by atoms with van der Waals surface area (Å²) in [7, 11) is 1.70. The van der Waals surface area contributed by atoms with E-state index >= 15 is 0 Å². The van der Waals surface area contributed by atoms with Gasteiger partial charge in [0.2, 0.25) is 6.17 Å². The average molecular weight is 427 g/mol. The maximum Gasteiger partial charge on any atom is 0.321 e. The molecule has 3 aromatic rings. The van der Waals surface area contributed by atoms with Crippen molar-refractivity contribution in [2.75, 3.05) is 17.3 Å². The fraction of sp³-hybridized carbons (Fsp3) is 0.192. The Hall–Kier alpha value is -3.93. The van der Waals surface area contributed by atoms with Crippen LogP contribution < -0.4 is 15.5 Å². The number of carbonyl (C=O) groups is 2. The first-order valence-corrected chi connectivity index (χ1v) is 10.6. The first-order chi connectivity index (χ1) is 15.5. The molecule has 0 aliphatic carbocycles. The van der Waals surface area contributed by atoms with E-state index in [1.807, 2.05) is 78.9 Å². The summed E-state index contributed by atoms with van der Waals surface area (Å²) in [6.45, 7) is 4.13. The lowest BCUT2D eigenvalue weighted by Crippen LogP contribution is -2.47. The van der Waals surface area contributed by atoms with Crippen LogP contribution in [-0.2, 0) is 4.79 Å². The Kier molecular flexibility index (Phi) is 6.03. The van der Waals surface area contributed by atoms with Crippen molar-refractivity contribution in [3.63, 3.8) is 0 Å². The Labute approximate surface area is 188 Å². The second kappa shape index (κ2) is 9.06. The van der Waals surface area contributed by atoms with E-state index in [9.17, 15) is 9.59 Å². The van der Waals surface area contributed by atoms with Crippen molar-refractivity contribution in [3.05, 3.63) is 95.6 Å². The van der Waals surface area contributed by atoms with Gasteiger partial charge in [0.15, 0.2) is 0 Å². The predicted molar refractivity (Wildman–Crippen MR) is 128 cm³/mol. The lowest BCUT2D eigenvalue weighted by molar-refractivity contribution is -0.119. The van der Waals surface area contributed by atoms with Crippen LogP contribution in [0.2, 0.25) is 0 Å². The molecule has 3 aromatic carbocycles. The van der Waals surface area contributed by atoms with Gasteiger partial charge in [-0.05, 0) is 23.6 Å². The molecule has 162 valence electrons. The minimum Gasteiger partial charge on any atom is -0.311 e. The van der Waals surface area contributed by atoms with Gasteiger partial charge in [0.25, 0.3) is 5.91 Å². The zero-order chi connectivity index (χ0) is 22.7. The number of hydrogen-bond acceptors (Lipinski definition) is 3. The number of aliphatic imine (C=N–C) groups is 1. The number of hydrogen-bond donors (Lipinski definition) is 2. The van der Waals surface area contributed by atoms with E-state index in [-0.39, 0.29) is 11.8 Å². The van der Waals surface area contributed by atoms with Crippen molar-refractivity contribution >= 4 is 29.0 Å². The number of rotatable bonds is 4. The normalized spacial score (nSPS) is 15.6. The number of likely N-dealkylation sites (N-methyl/N-ethyl adjacent to an activating group) is 1. The van der Waals surface area contributed by atoms with Gasteiger partial charge in [0.1, 0.15) is 0 Å². The summed E-state index contributed by atoms with van der Waals surface area (Å²) in [6, 6.07) is 24.5. The van der Waals surface area contributed by atoms with Gasteiger partial charge in [-0.1, -0.05) is 80.6 Å². The molecule has 0 bridgehead atoms. The molecule has 0 spiro atoms. The number of amides is 3. The first kappa shape index (κ1) is 21.3. The van der Waals surface area contributed by atoms with E-state index in [1.54, 1.807) is 11.9 Å². The van der Waals surface area contributed by atoms with Gasteiger partial charge < -0.3 is 15.5 Å². The minimum atomic E-state index is -1.06. The number of fused-ring (bicyclic) bond motifs is 1. The van der Waals surface area contributed by atoms with Crippen LogP contribution in [0.25, 0.3) is 0 Å². The van der Waals surface area contributed by atoms with Gasteiger partial charge in [-0.25, -0.2) is 9.79 Å². The molecule has 1 aliphatic heterocycles. The molecular formula is C26H26N4O2. The molecule has 4 rings (SSSR count). The Morgan fingerprint density at radius 2 is 1.59 bits per heavy atom. The number of benzene rings is 3. The number of anilines is 2. The second-order valence-corrected chi connectivity index (χ2v) is 8.00. The van der Waals surface area contributed by atoms with Crippen molar-refractivity contribution in [2.45, 2.75) is 25.9 Å². The van der Waals surface area contributed by atoms with Crippen LogP contribution in [0.15, 0.2) is 83.9 Å². The van der Waals surface area contributed by atoms with Crippen molar-refractivity contribution in [2.24, 2.45) is 4.99 Å². The second-order valence-electron chi connectivity index (χ2n) is 8.00. The van der Waals surface area contributed by atoms with Crippen LogP contribution in [0.4, 0.5) is 16.2 Å². The van der Waals surface area contributed by atoms with Crippen LogP contribution in [0.5, 0.6) is 0 Å². The van der Waals surface area contributed by atoms with Crippen LogP contribution in [-0.4, -0.2) is 30.9 Å². The third-order valence-electron chi connectivity index (χ3n) is 5.49. The highest BCUT2D eigenvalue weighted by atomic mass is 16.2. The first-order valence-electron chi connectivity index (χ1n) is 10.6. The van der Waals surface area contributed by atoms with Gasteiger partial charge in [0, 0.05) is 23.9 Å². The lowest BCUT2D eigenvalue weighted by Gasteiger charge is -2.21. The SMILES string of the molecule is CC(C)c1ccccc1NC(=O)N[C@@H]1N=C(c2ccccc2)c2ccccc2N(C)C1=O. The minimum absolute atomic E-state index is 0.245. The summed E-state index contributed by atoms with van der Waals surface area (Å²) < 4.78 is 0. The van der Waals surface area contributed by atoms with Crippen LogP contribution >= 0.6 is 0 Å². The van der Waals surface area contributed by atoms with Crippen molar-refractivity contribution in [1.82, 2.24) is 5.32 Å². The Morgan fingerprint density at radius 3 is 2.34 bits per heavy atom. The molecule has 2 N–H and O–H groups in total. The molecule has 0 aromatic heterocycles. The lowest BCUT2D eigenvalue weighted by atomic mass is 10.0. The van der Waals surface area contributed by atoms with E-state index in [2.05, 4.69) is 24.5 Å². The summed E-state index contributed by atoms with van der Waals surface area (Å²) in [5.74, 6) is -0.0648. The van der Waals surface area contributed by atoms with Gasteiger partial charge in [-0.3, -0.25) is 4.79 Å². The number of carbonyl (C=O) groups excluding carboxylic acids is 2. The molecule has 1 heterocycles. The summed E-state index contributed by atoms with van der Waals surface area (Å²) in [4.78, 5) is 32.4. The molecule has 0 saturated carbocycles. The van der Waals surface area contributed by atoms with Crippen LogP contribution in [0.1, 0.15) is 36.5 Å². The van der Waals surface area contributed by atoms with E-state index in [0.29, 0.717) is 11.4 Å². The maximum atomic E-state index is 13.2. The fourth-order valence-corrected chi connectivity index (χ4v) is 3.84. The number of urea groups is 1. The van der Waals surface area contributed by atoms with Crippen LogP contribution in [0.3, 0.4) is 0 Å². The molecule has 0 fully saturated rings. The number of nitrogens with one attached hydrogen (secondary N) is 2. The van der Waals surface area contributed by atoms with Crippen LogP contribution in [0, 0.1) is 0 Å². The van der Waals surface area contributed by atoms with E-state index in [4.69, 9.17) is 4.99 Å². The third-order valence-corrected chi connectivity index (χ3v) is 5.49. The molecular weight excluding hydrogens is 400 g/mol. The molecule has 0 unspecified atom stereocenters. The Balaban J connectivity index is 1.68. The quantitative estimate of drug-likeness (QED) is 0.631. The summed E-state index contributed by atoms with van der Waals surface area (Å²) in [5.41, 5.74) is 4.85. The topological polar surface area (TPSA) is 73.8 Å². The summed E-state index contributed by atoms with van der Waals surface area (Å²) in [5, 5.41) is 5.64. The van der Waals surface area contributed by atoms with Gasteiger partial charge >= 0.3 is 6.03 Å². The number of benzodiazepines with no additional fused rings is 1.